The van der Waals surface area contributed by atoms with Gasteiger partial charge < -0.3 is 10.6 Å². The molecular weight excluding hydrogens is 434 g/mol. The predicted molar refractivity (Wildman–Crippen MR) is 114 cm³/mol. The highest BCUT2D eigenvalue weighted by Crippen LogP contribution is 2.12. The van der Waals surface area contributed by atoms with Crippen LogP contribution in [0.2, 0.25) is 0 Å². The minimum Gasteiger partial charge on any atom is -0.352 e. The normalized spacial score (nSPS) is 10.6. The standard InChI is InChI=1S/C21H22BrN5O2/c1-14-11-15(2)27(26-14)19-8-7-17(13-25-19)21(29)24-10-4-9-23-20(28)16-5-3-6-18(22)12-16/h3,5-8,11-13H,4,9-10H2,1-2H3,(H,23,28)(H,24,29). The molecule has 0 aliphatic heterocycles. The van der Waals surface area contributed by atoms with Crippen LogP contribution in [0.3, 0.4) is 0 Å². The van der Waals surface area contributed by atoms with Crippen molar-refractivity contribution in [2.24, 2.45) is 0 Å². The summed E-state index contributed by atoms with van der Waals surface area (Å²) in [7, 11) is 0. The lowest BCUT2D eigenvalue weighted by molar-refractivity contribution is 0.0951. The van der Waals surface area contributed by atoms with Crippen LogP contribution in [0.5, 0.6) is 0 Å². The van der Waals surface area contributed by atoms with E-state index in [0.29, 0.717) is 36.5 Å². The highest BCUT2D eigenvalue weighted by atomic mass is 79.9. The van der Waals surface area contributed by atoms with E-state index in [4.69, 9.17) is 0 Å². The lowest BCUT2D eigenvalue weighted by Crippen LogP contribution is -2.30. The van der Waals surface area contributed by atoms with Crippen LogP contribution < -0.4 is 10.6 Å². The molecular formula is C21H22BrN5O2. The fourth-order valence-electron chi connectivity index (χ4n) is 2.83. The maximum atomic E-state index is 12.3. The van der Waals surface area contributed by atoms with Crippen molar-refractivity contribution in [3.05, 3.63) is 75.6 Å². The molecule has 2 heterocycles. The number of halogens is 1. The second-order valence-electron chi connectivity index (χ2n) is 6.62. The third-order valence-electron chi connectivity index (χ3n) is 4.25. The van der Waals surface area contributed by atoms with Crippen molar-refractivity contribution >= 4 is 27.7 Å². The minimum absolute atomic E-state index is 0.137. The molecule has 0 aliphatic rings. The van der Waals surface area contributed by atoms with E-state index in [1.165, 1.54) is 6.20 Å². The van der Waals surface area contributed by atoms with Crippen LogP contribution in [0.1, 0.15) is 38.5 Å². The number of aryl methyl sites for hydroxylation is 2. The fraction of sp³-hybridized carbons (Fsp3) is 0.238. The van der Waals surface area contributed by atoms with Gasteiger partial charge in [0, 0.05) is 35.0 Å². The summed E-state index contributed by atoms with van der Waals surface area (Å²) >= 11 is 3.35. The van der Waals surface area contributed by atoms with Gasteiger partial charge in [0.25, 0.3) is 11.8 Å². The number of carbonyl (C=O) groups excluding carboxylic acids is 2. The molecule has 150 valence electrons. The molecule has 2 aromatic heterocycles. The maximum absolute atomic E-state index is 12.3. The summed E-state index contributed by atoms with van der Waals surface area (Å²) in [6.45, 7) is 4.81. The molecule has 0 aliphatic carbocycles. The monoisotopic (exact) mass is 455 g/mol. The zero-order chi connectivity index (χ0) is 20.8. The summed E-state index contributed by atoms with van der Waals surface area (Å²) < 4.78 is 2.60. The zero-order valence-electron chi connectivity index (χ0n) is 16.3. The van der Waals surface area contributed by atoms with E-state index < -0.39 is 0 Å². The molecule has 0 radical (unpaired) electrons. The van der Waals surface area contributed by atoms with Gasteiger partial charge in [-0.15, -0.1) is 0 Å². The first kappa shape index (κ1) is 20.7. The van der Waals surface area contributed by atoms with Crippen molar-refractivity contribution in [1.29, 1.82) is 0 Å². The van der Waals surface area contributed by atoms with Gasteiger partial charge in [-0.1, -0.05) is 22.0 Å². The molecule has 0 saturated heterocycles. The predicted octanol–water partition coefficient (Wildman–Crippen LogP) is 3.20. The largest absolute Gasteiger partial charge is 0.352 e. The van der Waals surface area contributed by atoms with Crippen LogP contribution in [0.4, 0.5) is 0 Å². The van der Waals surface area contributed by atoms with Gasteiger partial charge in [-0.2, -0.15) is 5.10 Å². The molecule has 0 unspecified atom stereocenters. The molecule has 0 saturated carbocycles. The van der Waals surface area contributed by atoms with Crippen molar-refractivity contribution in [3.63, 3.8) is 0 Å². The molecule has 2 N–H and O–H groups in total. The van der Waals surface area contributed by atoms with Gasteiger partial charge in [0.1, 0.15) is 0 Å². The van der Waals surface area contributed by atoms with Crippen LogP contribution in [-0.4, -0.2) is 39.7 Å². The Morgan fingerprint density at radius 1 is 1.00 bits per heavy atom. The van der Waals surface area contributed by atoms with Gasteiger partial charge in [-0.3, -0.25) is 9.59 Å². The number of pyridine rings is 1. The van der Waals surface area contributed by atoms with E-state index in [2.05, 4.69) is 36.6 Å². The summed E-state index contributed by atoms with van der Waals surface area (Å²) in [6, 6.07) is 12.7. The first-order valence-corrected chi connectivity index (χ1v) is 10.0. The molecule has 0 spiro atoms. The molecule has 7 nitrogen and oxygen atoms in total. The molecule has 0 atom stereocenters. The molecule has 8 heteroatoms. The summed E-state index contributed by atoms with van der Waals surface area (Å²) in [4.78, 5) is 28.6. The highest BCUT2D eigenvalue weighted by Gasteiger charge is 2.09. The number of rotatable bonds is 7. The summed E-state index contributed by atoms with van der Waals surface area (Å²) in [5.74, 6) is 0.333. The lowest BCUT2D eigenvalue weighted by Gasteiger charge is -2.08. The summed E-state index contributed by atoms with van der Waals surface area (Å²) in [5, 5.41) is 10.1. The van der Waals surface area contributed by atoms with Crippen LogP contribution >= 0.6 is 15.9 Å². The smallest absolute Gasteiger partial charge is 0.252 e. The first-order chi connectivity index (χ1) is 13.9. The maximum Gasteiger partial charge on any atom is 0.252 e. The van der Waals surface area contributed by atoms with Crippen molar-refractivity contribution in [2.75, 3.05) is 13.1 Å². The van der Waals surface area contributed by atoms with Crippen LogP contribution in [0.15, 0.2) is 53.1 Å². The van der Waals surface area contributed by atoms with Gasteiger partial charge in [0.15, 0.2) is 5.82 Å². The molecule has 3 rings (SSSR count). The van der Waals surface area contributed by atoms with E-state index >= 15 is 0 Å². The number of benzene rings is 1. The van der Waals surface area contributed by atoms with E-state index in [0.717, 1.165) is 15.9 Å². The van der Waals surface area contributed by atoms with E-state index in [1.54, 1.807) is 28.9 Å². The summed E-state index contributed by atoms with van der Waals surface area (Å²) in [6.07, 6.45) is 2.17. The van der Waals surface area contributed by atoms with E-state index in [-0.39, 0.29) is 11.8 Å². The van der Waals surface area contributed by atoms with Gasteiger partial charge in [-0.25, -0.2) is 9.67 Å². The molecule has 0 fully saturated rings. The Kier molecular flexibility index (Phi) is 6.77. The molecule has 0 bridgehead atoms. The number of amides is 2. The molecule has 1 aromatic carbocycles. The van der Waals surface area contributed by atoms with Crippen LogP contribution in [0.25, 0.3) is 5.82 Å². The second kappa shape index (κ2) is 9.47. The minimum atomic E-state index is -0.198. The Morgan fingerprint density at radius 3 is 2.31 bits per heavy atom. The molecule has 2 amide bonds. The molecule has 29 heavy (non-hydrogen) atoms. The third-order valence-corrected chi connectivity index (χ3v) is 4.74. The van der Waals surface area contributed by atoms with Crippen LogP contribution in [0, 0.1) is 13.8 Å². The van der Waals surface area contributed by atoms with E-state index in [9.17, 15) is 9.59 Å². The number of nitrogens with one attached hydrogen (secondary N) is 2. The number of nitrogens with zero attached hydrogens (tertiary/aromatic N) is 3. The van der Waals surface area contributed by atoms with Gasteiger partial charge in [-0.05, 0) is 56.7 Å². The Labute approximate surface area is 177 Å². The Balaban J connectivity index is 1.44. The first-order valence-electron chi connectivity index (χ1n) is 9.26. The Hall–Kier alpha value is -3.00. The number of hydrogen-bond donors (Lipinski definition) is 2. The van der Waals surface area contributed by atoms with Gasteiger partial charge >= 0.3 is 0 Å². The highest BCUT2D eigenvalue weighted by molar-refractivity contribution is 9.10. The zero-order valence-corrected chi connectivity index (χ0v) is 17.9. The van der Waals surface area contributed by atoms with Crippen molar-refractivity contribution in [1.82, 2.24) is 25.4 Å². The van der Waals surface area contributed by atoms with Crippen molar-refractivity contribution in [2.45, 2.75) is 20.3 Å². The van der Waals surface area contributed by atoms with E-state index in [1.807, 2.05) is 32.0 Å². The Bertz CT molecular complexity index is 1010. The third kappa shape index (κ3) is 5.51. The number of hydrogen-bond acceptors (Lipinski definition) is 4. The fourth-order valence-corrected chi connectivity index (χ4v) is 3.23. The molecule has 3 aromatic rings. The topological polar surface area (TPSA) is 88.9 Å². The SMILES string of the molecule is Cc1cc(C)n(-c2ccc(C(=O)NCCCNC(=O)c3cccc(Br)c3)cn2)n1. The Morgan fingerprint density at radius 2 is 1.72 bits per heavy atom. The average molecular weight is 456 g/mol. The lowest BCUT2D eigenvalue weighted by atomic mass is 10.2. The van der Waals surface area contributed by atoms with Crippen molar-refractivity contribution in [3.8, 4) is 5.82 Å². The summed E-state index contributed by atoms with van der Waals surface area (Å²) in [5.41, 5.74) is 2.97. The van der Waals surface area contributed by atoms with Gasteiger partial charge in [0.2, 0.25) is 0 Å². The van der Waals surface area contributed by atoms with Crippen molar-refractivity contribution < 1.29 is 9.59 Å². The van der Waals surface area contributed by atoms with Crippen LogP contribution in [-0.2, 0) is 0 Å². The number of carbonyl (C=O) groups is 2. The second-order valence-corrected chi connectivity index (χ2v) is 7.54. The quantitative estimate of drug-likeness (QED) is 0.535. The number of aromatic nitrogens is 3. The average Bonchev–Trinajstić information content (AvgIpc) is 3.05. The van der Waals surface area contributed by atoms with Gasteiger partial charge in [0.05, 0.1) is 11.3 Å².